The van der Waals surface area contributed by atoms with E-state index in [4.69, 9.17) is 0 Å². The summed E-state index contributed by atoms with van der Waals surface area (Å²) in [6, 6.07) is 8.48. The lowest BCUT2D eigenvalue weighted by atomic mass is 10.1. The molecule has 14 heavy (non-hydrogen) atoms. The Balaban J connectivity index is 2.28. The minimum Gasteiger partial charge on any atom is -0.356 e. The van der Waals surface area contributed by atoms with Crippen LogP contribution in [0.1, 0.15) is 24.5 Å². The predicted octanol–water partition coefficient (Wildman–Crippen LogP) is 2.06. The molecule has 0 atom stereocenters. The van der Waals surface area contributed by atoms with E-state index in [1.165, 1.54) is 11.1 Å². The molecule has 0 heterocycles. The van der Waals surface area contributed by atoms with Gasteiger partial charge >= 0.3 is 0 Å². The van der Waals surface area contributed by atoms with E-state index in [0.717, 1.165) is 19.4 Å². The molecule has 1 aromatic rings. The Labute approximate surface area is 85.3 Å². The zero-order chi connectivity index (χ0) is 10.4. The highest BCUT2D eigenvalue weighted by atomic mass is 16.1. The topological polar surface area (TPSA) is 29.1 Å². The van der Waals surface area contributed by atoms with Crippen molar-refractivity contribution >= 4 is 5.91 Å². The van der Waals surface area contributed by atoms with Crippen molar-refractivity contribution in [1.82, 2.24) is 5.32 Å². The number of benzene rings is 1. The van der Waals surface area contributed by atoms with Crippen LogP contribution in [0.2, 0.25) is 0 Å². The van der Waals surface area contributed by atoms with Gasteiger partial charge in [-0.1, -0.05) is 29.8 Å². The first-order chi connectivity index (χ1) is 6.68. The number of carbonyl (C=O) groups excluding carboxylic acids is 1. The van der Waals surface area contributed by atoms with Crippen molar-refractivity contribution in [2.24, 2.45) is 0 Å². The number of carbonyl (C=O) groups is 1. The van der Waals surface area contributed by atoms with Gasteiger partial charge in [0.05, 0.1) is 0 Å². The smallest absolute Gasteiger partial charge is 0.216 e. The highest BCUT2D eigenvalue weighted by Crippen LogP contribution is 2.05. The normalized spacial score (nSPS) is 9.86. The third-order valence-electron chi connectivity index (χ3n) is 2.10. The quantitative estimate of drug-likeness (QED) is 0.725. The molecule has 0 unspecified atom stereocenters. The van der Waals surface area contributed by atoms with Crippen molar-refractivity contribution in [3.8, 4) is 0 Å². The second-order valence-electron chi connectivity index (χ2n) is 3.58. The fraction of sp³-hybridized carbons (Fsp3) is 0.417. The second-order valence-corrected chi connectivity index (χ2v) is 3.58. The van der Waals surface area contributed by atoms with E-state index in [9.17, 15) is 4.79 Å². The minimum atomic E-state index is 0.0502. The molecule has 0 aromatic heterocycles. The lowest BCUT2D eigenvalue weighted by molar-refractivity contribution is -0.118. The van der Waals surface area contributed by atoms with Crippen LogP contribution in [-0.4, -0.2) is 12.5 Å². The fourth-order valence-corrected chi connectivity index (χ4v) is 1.42. The molecular weight excluding hydrogens is 174 g/mol. The molecule has 2 nitrogen and oxygen atoms in total. The van der Waals surface area contributed by atoms with Crippen LogP contribution in [-0.2, 0) is 11.2 Å². The summed E-state index contributed by atoms with van der Waals surface area (Å²) in [5, 5.41) is 2.79. The van der Waals surface area contributed by atoms with Crippen LogP contribution in [0.25, 0.3) is 0 Å². The molecule has 2 heteroatoms. The molecule has 0 radical (unpaired) electrons. The molecule has 0 aliphatic rings. The Hall–Kier alpha value is -1.31. The van der Waals surface area contributed by atoms with Crippen molar-refractivity contribution in [3.05, 3.63) is 35.4 Å². The summed E-state index contributed by atoms with van der Waals surface area (Å²) in [5.41, 5.74) is 2.64. The van der Waals surface area contributed by atoms with Crippen molar-refractivity contribution in [2.45, 2.75) is 26.7 Å². The van der Waals surface area contributed by atoms with E-state index < -0.39 is 0 Å². The van der Waals surface area contributed by atoms with Gasteiger partial charge in [0.1, 0.15) is 0 Å². The highest BCUT2D eigenvalue weighted by molar-refractivity contribution is 5.72. The fourth-order valence-electron chi connectivity index (χ4n) is 1.42. The van der Waals surface area contributed by atoms with E-state index in [-0.39, 0.29) is 5.91 Å². The summed E-state index contributed by atoms with van der Waals surface area (Å²) < 4.78 is 0. The first-order valence-electron chi connectivity index (χ1n) is 4.98. The number of hydrogen-bond donors (Lipinski definition) is 1. The molecule has 1 N–H and O–H groups in total. The SMILES string of the molecule is CC(=O)NCCCc1cccc(C)c1. The van der Waals surface area contributed by atoms with Crippen LogP contribution in [0.4, 0.5) is 0 Å². The van der Waals surface area contributed by atoms with Gasteiger partial charge in [-0.05, 0) is 25.3 Å². The summed E-state index contributed by atoms with van der Waals surface area (Å²) in [7, 11) is 0. The Morgan fingerprint density at radius 1 is 1.43 bits per heavy atom. The van der Waals surface area contributed by atoms with Crippen LogP contribution in [0.3, 0.4) is 0 Å². The van der Waals surface area contributed by atoms with Crippen LogP contribution in [0.5, 0.6) is 0 Å². The Bertz CT molecular complexity index is 307. The minimum absolute atomic E-state index is 0.0502. The molecule has 0 spiro atoms. The average Bonchev–Trinajstić information content (AvgIpc) is 2.12. The third-order valence-corrected chi connectivity index (χ3v) is 2.10. The summed E-state index contributed by atoms with van der Waals surface area (Å²) >= 11 is 0. The summed E-state index contributed by atoms with van der Waals surface area (Å²) in [6.45, 7) is 4.41. The molecule has 76 valence electrons. The Morgan fingerprint density at radius 2 is 2.21 bits per heavy atom. The monoisotopic (exact) mass is 191 g/mol. The largest absolute Gasteiger partial charge is 0.356 e. The highest BCUT2D eigenvalue weighted by Gasteiger charge is 1.94. The molecule has 0 saturated carbocycles. The molecule has 0 aliphatic carbocycles. The summed E-state index contributed by atoms with van der Waals surface area (Å²) in [6.07, 6.45) is 2.03. The van der Waals surface area contributed by atoms with Crippen LogP contribution < -0.4 is 5.32 Å². The predicted molar refractivity (Wildman–Crippen MR) is 58.2 cm³/mol. The van der Waals surface area contributed by atoms with Gasteiger partial charge in [0.15, 0.2) is 0 Å². The van der Waals surface area contributed by atoms with E-state index in [0.29, 0.717) is 0 Å². The Morgan fingerprint density at radius 3 is 2.86 bits per heavy atom. The first-order valence-corrected chi connectivity index (χ1v) is 4.98. The maximum atomic E-state index is 10.6. The average molecular weight is 191 g/mol. The number of amides is 1. The van der Waals surface area contributed by atoms with Crippen LogP contribution in [0, 0.1) is 6.92 Å². The number of aryl methyl sites for hydroxylation is 2. The van der Waals surface area contributed by atoms with Gasteiger partial charge in [0, 0.05) is 13.5 Å². The molecule has 1 aromatic carbocycles. The zero-order valence-corrected chi connectivity index (χ0v) is 8.84. The molecule has 0 saturated heterocycles. The van der Waals surface area contributed by atoms with Gasteiger partial charge in [-0.3, -0.25) is 4.79 Å². The zero-order valence-electron chi connectivity index (χ0n) is 8.84. The van der Waals surface area contributed by atoms with Crippen LogP contribution in [0.15, 0.2) is 24.3 Å². The van der Waals surface area contributed by atoms with E-state index in [2.05, 4.69) is 36.5 Å². The lowest BCUT2D eigenvalue weighted by Gasteiger charge is -2.03. The lowest BCUT2D eigenvalue weighted by Crippen LogP contribution is -2.21. The van der Waals surface area contributed by atoms with Gasteiger partial charge < -0.3 is 5.32 Å². The van der Waals surface area contributed by atoms with Gasteiger partial charge in [-0.2, -0.15) is 0 Å². The standard InChI is InChI=1S/C12H17NO/c1-10-5-3-6-12(9-10)7-4-8-13-11(2)14/h3,5-6,9H,4,7-8H2,1-2H3,(H,13,14). The van der Waals surface area contributed by atoms with E-state index in [1.807, 2.05) is 0 Å². The number of nitrogens with one attached hydrogen (secondary N) is 1. The van der Waals surface area contributed by atoms with E-state index >= 15 is 0 Å². The van der Waals surface area contributed by atoms with Gasteiger partial charge in [-0.15, -0.1) is 0 Å². The van der Waals surface area contributed by atoms with Crippen molar-refractivity contribution < 1.29 is 4.79 Å². The molecule has 0 aliphatic heterocycles. The first kappa shape index (κ1) is 10.8. The molecule has 0 bridgehead atoms. The van der Waals surface area contributed by atoms with E-state index in [1.54, 1.807) is 6.92 Å². The van der Waals surface area contributed by atoms with Crippen molar-refractivity contribution in [1.29, 1.82) is 0 Å². The molecule has 1 amide bonds. The van der Waals surface area contributed by atoms with Gasteiger partial charge in [0.25, 0.3) is 0 Å². The van der Waals surface area contributed by atoms with Crippen molar-refractivity contribution in [2.75, 3.05) is 6.54 Å². The van der Waals surface area contributed by atoms with Crippen LogP contribution >= 0.6 is 0 Å². The van der Waals surface area contributed by atoms with Crippen molar-refractivity contribution in [3.63, 3.8) is 0 Å². The summed E-state index contributed by atoms with van der Waals surface area (Å²) in [4.78, 5) is 10.6. The Kier molecular flexibility index (Phi) is 4.17. The van der Waals surface area contributed by atoms with Gasteiger partial charge in [0.2, 0.25) is 5.91 Å². The summed E-state index contributed by atoms with van der Waals surface area (Å²) in [5.74, 6) is 0.0502. The number of rotatable bonds is 4. The maximum absolute atomic E-state index is 10.6. The maximum Gasteiger partial charge on any atom is 0.216 e. The number of hydrogen-bond acceptors (Lipinski definition) is 1. The molecular formula is C12H17NO. The van der Waals surface area contributed by atoms with Gasteiger partial charge in [-0.25, -0.2) is 0 Å². The third kappa shape index (κ3) is 4.08. The second kappa shape index (κ2) is 5.43. The molecule has 0 fully saturated rings. The molecule has 1 rings (SSSR count).